The van der Waals surface area contributed by atoms with Crippen molar-refractivity contribution in [3.05, 3.63) is 11.8 Å². The third-order valence-corrected chi connectivity index (χ3v) is 1.16. The Hall–Kier alpha value is -0.990. The molecule has 0 heterocycles. The second-order valence-corrected chi connectivity index (χ2v) is 2.31. The molecule has 0 aromatic rings. The van der Waals surface area contributed by atoms with Crippen LogP contribution in [0.25, 0.3) is 0 Å². The van der Waals surface area contributed by atoms with Gasteiger partial charge in [-0.05, 0) is 6.42 Å². The Morgan fingerprint density at radius 2 is 2.10 bits per heavy atom. The Kier molecular flexibility index (Phi) is 3.54. The third kappa shape index (κ3) is 3.12. The standard InChI is InChI=1S/C7H14N2O/c1-4-6(8)5-7(10)9(2)3/h5H,4,8H2,1-3H3. The van der Waals surface area contributed by atoms with Gasteiger partial charge in [0.25, 0.3) is 0 Å². The number of nitrogens with two attached hydrogens (primary N) is 1. The van der Waals surface area contributed by atoms with E-state index in [-0.39, 0.29) is 5.91 Å². The molecule has 0 bridgehead atoms. The maximum Gasteiger partial charge on any atom is 0.247 e. The van der Waals surface area contributed by atoms with E-state index in [1.54, 1.807) is 14.1 Å². The van der Waals surface area contributed by atoms with Gasteiger partial charge in [0, 0.05) is 25.9 Å². The highest BCUT2D eigenvalue weighted by atomic mass is 16.2. The molecule has 3 heteroatoms. The summed E-state index contributed by atoms with van der Waals surface area (Å²) in [5, 5.41) is 0. The van der Waals surface area contributed by atoms with Gasteiger partial charge in [-0.3, -0.25) is 4.79 Å². The van der Waals surface area contributed by atoms with E-state index in [1.807, 2.05) is 6.92 Å². The van der Waals surface area contributed by atoms with Gasteiger partial charge < -0.3 is 10.6 Å². The highest BCUT2D eigenvalue weighted by Gasteiger charge is 1.98. The summed E-state index contributed by atoms with van der Waals surface area (Å²) in [7, 11) is 3.39. The molecule has 1 amide bonds. The van der Waals surface area contributed by atoms with Gasteiger partial charge in [-0.2, -0.15) is 0 Å². The average Bonchev–Trinajstić information content (AvgIpc) is 1.87. The molecule has 0 aromatic carbocycles. The molecule has 10 heavy (non-hydrogen) atoms. The fourth-order valence-electron chi connectivity index (χ4n) is 0.390. The number of nitrogens with zero attached hydrogens (tertiary/aromatic N) is 1. The van der Waals surface area contributed by atoms with Gasteiger partial charge in [0.2, 0.25) is 5.91 Å². The summed E-state index contributed by atoms with van der Waals surface area (Å²) in [6.45, 7) is 1.91. The first-order valence-corrected chi connectivity index (χ1v) is 3.25. The summed E-state index contributed by atoms with van der Waals surface area (Å²) in [4.78, 5) is 12.4. The number of amides is 1. The van der Waals surface area contributed by atoms with Gasteiger partial charge in [0.1, 0.15) is 0 Å². The van der Waals surface area contributed by atoms with E-state index in [0.717, 1.165) is 6.42 Å². The van der Waals surface area contributed by atoms with Crippen LogP contribution in [0.4, 0.5) is 0 Å². The second kappa shape index (κ2) is 3.93. The molecule has 0 atom stereocenters. The number of hydrogen-bond donors (Lipinski definition) is 1. The number of carbonyl (C=O) groups excluding carboxylic acids is 1. The molecule has 0 aliphatic carbocycles. The van der Waals surface area contributed by atoms with Crippen LogP contribution in [0.3, 0.4) is 0 Å². The van der Waals surface area contributed by atoms with E-state index in [9.17, 15) is 4.79 Å². The van der Waals surface area contributed by atoms with Crippen LogP contribution in [0, 0.1) is 0 Å². The molecule has 3 nitrogen and oxygen atoms in total. The molecule has 0 saturated carbocycles. The van der Waals surface area contributed by atoms with Crippen LogP contribution in [-0.2, 0) is 4.79 Å². The van der Waals surface area contributed by atoms with Crippen molar-refractivity contribution in [1.29, 1.82) is 0 Å². The molecule has 2 N–H and O–H groups in total. The van der Waals surface area contributed by atoms with Crippen molar-refractivity contribution in [1.82, 2.24) is 4.90 Å². The predicted molar refractivity (Wildman–Crippen MR) is 41.3 cm³/mol. The Morgan fingerprint density at radius 3 is 2.40 bits per heavy atom. The van der Waals surface area contributed by atoms with E-state index >= 15 is 0 Å². The molecule has 0 rings (SSSR count). The number of rotatable bonds is 2. The van der Waals surface area contributed by atoms with Gasteiger partial charge in [-0.1, -0.05) is 6.92 Å². The first kappa shape index (κ1) is 9.01. The molecule has 0 aromatic heterocycles. The Bertz CT molecular complexity index is 150. The van der Waals surface area contributed by atoms with Crippen LogP contribution < -0.4 is 5.73 Å². The van der Waals surface area contributed by atoms with Crippen molar-refractivity contribution in [3.8, 4) is 0 Å². The van der Waals surface area contributed by atoms with Crippen LogP contribution in [0.1, 0.15) is 13.3 Å². The van der Waals surface area contributed by atoms with Gasteiger partial charge >= 0.3 is 0 Å². The Morgan fingerprint density at radius 1 is 1.60 bits per heavy atom. The molecule has 58 valence electrons. The van der Waals surface area contributed by atoms with Crippen molar-refractivity contribution in [2.75, 3.05) is 14.1 Å². The quantitative estimate of drug-likeness (QED) is 0.565. The molecule has 0 saturated heterocycles. The monoisotopic (exact) mass is 142 g/mol. The lowest BCUT2D eigenvalue weighted by Gasteiger charge is -2.06. The maximum atomic E-state index is 10.9. The van der Waals surface area contributed by atoms with Crippen LogP contribution >= 0.6 is 0 Å². The van der Waals surface area contributed by atoms with Crippen molar-refractivity contribution in [2.24, 2.45) is 5.73 Å². The number of likely N-dealkylation sites (N-methyl/N-ethyl adjacent to an activating group) is 1. The van der Waals surface area contributed by atoms with E-state index in [2.05, 4.69) is 0 Å². The highest BCUT2D eigenvalue weighted by molar-refractivity contribution is 5.87. The lowest BCUT2D eigenvalue weighted by Crippen LogP contribution is -2.20. The summed E-state index contributed by atoms with van der Waals surface area (Å²) in [5.41, 5.74) is 6.05. The lowest BCUT2D eigenvalue weighted by molar-refractivity contribution is -0.123. The molecule has 0 radical (unpaired) electrons. The summed E-state index contributed by atoms with van der Waals surface area (Å²) >= 11 is 0. The van der Waals surface area contributed by atoms with E-state index in [4.69, 9.17) is 5.73 Å². The number of allylic oxidation sites excluding steroid dienone is 1. The first-order valence-electron chi connectivity index (χ1n) is 3.25. The van der Waals surface area contributed by atoms with Gasteiger partial charge in [-0.15, -0.1) is 0 Å². The minimum atomic E-state index is -0.0562. The zero-order valence-electron chi connectivity index (χ0n) is 6.72. The van der Waals surface area contributed by atoms with E-state index in [0.29, 0.717) is 5.70 Å². The van der Waals surface area contributed by atoms with Crippen molar-refractivity contribution < 1.29 is 4.79 Å². The Balaban J connectivity index is 4.00. The smallest absolute Gasteiger partial charge is 0.247 e. The topological polar surface area (TPSA) is 46.3 Å². The van der Waals surface area contributed by atoms with E-state index in [1.165, 1.54) is 11.0 Å². The number of carbonyl (C=O) groups is 1. The van der Waals surface area contributed by atoms with Crippen molar-refractivity contribution >= 4 is 5.91 Å². The van der Waals surface area contributed by atoms with Crippen LogP contribution in [0.2, 0.25) is 0 Å². The first-order chi connectivity index (χ1) is 4.57. The van der Waals surface area contributed by atoms with Gasteiger partial charge in [0.05, 0.1) is 0 Å². The van der Waals surface area contributed by atoms with E-state index < -0.39 is 0 Å². The Labute approximate surface area is 61.5 Å². The fourth-order valence-corrected chi connectivity index (χ4v) is 0.390. The minimum absolute atomic E-state index is 0.0562. The van der Waals surface area contributed by atoms with Crippen molar-refractivity contribution in [3.63, 3.8) is 0 Å². The van der Waals surface area contributed by atoms with Crippen LogP contribution in [0.15, 0.2) is 11.8 Å². The van der Waals surface area contributed by atoms with Crippen molar-refractivity contribution in [2.45, 2.75) is 13.3 Å². The third-order valence-electron chi connectivity index (χ3n) is 1.16. The molecule has 0 aliphatic heterocycles. The van der Waals surface area contributed by atoms with Crippen LogP contribution in [-0.4, -0.2) is 24.9 Å². The predicted octanol–water partition coefficient (Wildman–Crippen LogP) is 0.327. The molecule has 0 aliphatic rings. The summed E-state index contributed by atoms with van der Waals surface area (Å²) in [5.74, 6) is -0.0562. The highest BCUT2D eigenvalue weighted by Crippen LogP contribution is 1.91. The fraction of sp³-hybridized carbons (Fsp3) is 0.571. The summed E-state index contributed by atoms with van der Waals surface area (Å²) in [6, 6.07) is 0. The summed E-state index contributed by atoms with van der Waals surface area (Å²) in [6.07, 6.45) is 2.17. The van der Waals surface area contributed by atoms with Gasteiger partial charge in [0.15, 0.2) is 0 Å². The second-order valence-electron chi connectivity index (χ2n) is 2.31. The molecule has 0 unspecified atom stereocenters. The van der Waals surface area contributed by atoms with Crippen LogP contribution in [0.5, 0.6) is 0 Å². The lowest BCUT2D eigenvalue weighted by atomic mass is 10.3. The summed E-state index contributed by atoms with van der Waals surface area (Å²) < 4.78 is 0. The SMILES string of the molecule is CCC(N)=CC(=O)N(C)C. The molecule has 0 spiro atoms. The zero-order chi connectivity index (χ0) is 8.15. The largest absolute Gasteiger partial charge is 0.402 e. The maximum absolute atomic E-state index is 10.9. The van der Waals surface area contributed by atoms with Gasteiger partial charge in [-0.25, -0.2) is 0 Å². The minimum Gasteiger partial charge on any atom is -0.402 e. The zero-order valence-corrected chi connectivity index (χ0v) is 6.72. The normalized spacial score (nSPS) is 11.3. The number of hydrogen-bond acceptors (Lipinski definition) is 2. The average molecular weight is 142 g/mol. The molecular formula is C7H14N2O. The molecule has 0 fully saturated rings. The molecular weight excluding hydrogens is 128 g/mol.